The monoisotopic (exact) mass is 251 g/mol. The molecule has 0 spiro atoms. The van der Waals surface area contributed by atoms with E-state index in [0.717, 1.165) is 30.6 Å². The average molecular weight is 251 g/mol. The molecule has 0 bridgehead atoms. The Balaban J connectivity index is 2.01. The summed E-state index contributed by atoms with van der Waals surface area (Å²) < 4.78 is 5.15. The molecule has 1 fully saturated rings. The lowest BCUT2D eigenvalue weighted by Gasteiger charge is -2.37. The van der Waals surface area contributed by atoms with Crippen LogP contribution < -0.4 is 10.1 Å². The molecular weight excluding hydrogens is 230 g/mol. The summed E-state index contributed by atoms with van der Waals surface area (Å²) in [6, 6.07) is 5.15. The Morgan fingerprint density at radius 3 is 2.72 bits per heavy atom. The fourth-order valence-electron chi connectivity index (χ4n) is 2.22. The van der Waals surface area contributed by atoms with Crippen molar-refractivity contribution in [3.63, 3.8) is 0 Å². The minimum Gasteiger partial charge on any atom is -0.508 e. The van der Waals surface area contributed by atoms with Crippen molar-refractivity contribution in [3.05, 3.63) is 23.8 Å². The second kappa shape index (κ2) is 5.16. The molecule has 0 heterocycles. The first-order valence-corrected chi connectivity index (χ1v) is 6.37. The first kappa shape index (κ1) is 13.2. The van der Waals surface area contributed by atoms with E-state index in [1.165, 1.54) is 0 Å². The first-order valence-electron chi connectivity index (χ1n) is 6.37. The van der Waals surface area contributed by atoms with Crippen molar-refractivity contribution in [1.29, 1.82) is 0 Å². The lowest BCUT2D eigenvalue weighted by Crippen LogP contribution is -2.46. The summed E-state index contributed by atoms with van der Waals surface area (Å²) in [7, 11) is 1.60. The maximum Gasteiger partial charge on any atom is 0.120 e. The normalized spacial score (nSPS) is 19.1. The Bertz CT molecular complexity index is 416. The molecule has 0 aromatic heterocycles. The zero-order valence-corrected chi connectivity index (χ0v) is 10.9. The molecule has 4 nitrogen and oxygen atoms in total. The molecule has 2 rings (SSSR count). The van der Waals surface area contributed by atoms with Gasteiger partial charge in [-0.3, -0.25) is 0 Å². The van der Waals surface area contributed by atoms with Crippen molar-refractivity contribution in [1.82, 2.24) is 5.32 Å². The highest BCUT2D eigenvalue weighted by molar-refractivity contribution is 5.41. The maximum atomic E-state index is 10.0. The van der Waals surface area contributed by atoms with Crippen molar-refractivity contribution < 1.29 is 14.9 Å². The fraction of sp³-hybridized carbons (Fsp3) is 0.571. The predicted molar refractivity (Wildman–Crippen MR) is 69.9 cm³/mol. The number of aliphatic hydroxyl groups is 1. The number of aromatic hydroxyl groups is 1. The van der Waals surface area contributed by atoms with Gasteiger partial charge in [0.25, 0.3) is 0 Å². The third-order valence-electron chi connectivity index (χ3n) is 3.72. The van der Waals surface area contributed by atoms with Crippen molar-refractivity contribution >= 4 is 0 Å². The number of nitrogens with one attached hydrogen (secondary N) is 1. The van der Waals surface area contributed by atoms with Gasteiger partial charge in [-0.2, -0.15) is 0 Å². The van der Waals surface area contributed by atoms with Gasteiger partial charge < -0.3 is 20.3 Å². The van der Waals surface area contributed by atoms with Crippen LogP contribution in [-0.2, 0) is 0 Å². The lowest BCUT2D eigenvalue weighted by atomic mass is 9.80. The number of methoxy groups -OCH3 is 1. The molecule has 3 N–H and O–H groups in total. The molecule has 0 aliphatic heterocycles. The van der Waals surface area contributed by atoms with Gasteiger partial charge in [-0.15, -0.1) is 0 Å². The summed E-state index contributed by atoms with van der Waals surface area (Å²) in [4.78, 5) is 0. The SMILES string of the molecule is COc1ccc(O)c(C(C)NCC2(O)CCC2)c1. The quantitative estimate of drug-likeness (QED) is 0.748. The maximum absolute atomic E-state index is 10.0. The molecule has 0 saturated heterocycles. The van der Waals surface area contributed by atoms with Gasteiger partial charge in [0.2, 0.25) is 0 Å². The topological polar surface area (TPSA) is 61.7 Å². The third kappa shape index (κ3) is 2.76. The molecule has 1 aliphatic carbocycles. The van der Waals surface area contributed by atoms with Crippen LogP contribution in [0.2, 0.25) is 0 Å². The van der Waals surface area contributed by atoms with Crippen molar-refractivity contribution in [2.75, 3.05) is 13.7 Å². The van der Waals surface area contributed by atoms with Gasteiger partial charge in [-0.25, -0.2) is 0 Å². The molecule has 1 aromatic rings. The van der Waals surface area contributed by atoms with Crippen LogP contribution in [0.15, 0.2) is 18.2 Å². The average Bonchev–Trinajstić information content (AvgIpc) is 2.34. The molecule has 1 aliphatic rings. The summed E-state index contributed by atoms with van der Waals surface area (Å²) >= 11 is 0. The van der Waals surface area contributed by atoms with Gasteiger partial charge in [-0.1, -0.05) is 0 Å². The third-order valence-corrected chi connectivity index (χ3v) is 3.72. The summed E-state index contributed by atoms with van der Waals surface area (Å²) in [5, 5.41) is 23.1. The van der Waals surface area contributed by atoms with Gasteiger partial charge in [0.1, 0.15) is 11.5 Å². The summed E-state index contributed by atoms with van der Waals surface area (Å²) in [5.74, 6) is 0.968. The van der Waals surface area contributed by atoms with E-state index >= 15 is 0 Å². The lowest BCUT2D eigenvalue weighted by molar-refractivity contribution is -0.0329. The van der Waals surface area contributed by atoms with Gasteiger partial charge in [-0.05, 0) is 44.4 Å². The van der Waals surface area contributed by atoms with Gasteiger partial charge in [0, 0.05) is 18.2 Å². The molecule has 4 heteroatoms. The molecule has 1 unspecified atom stereocenters. The van der Waals surface area contributed by atoms with Crippen LogP contribution in [0.3, 0.4) is 0 Å². The molecule has 1 saturated carbocycles. The van der Waals surface area contributed by atoms with Crippen LogP contribution in [0.25, 0.3) is 0 Å². The zero-order valence-electron chi connectivity index (χ0n) is 10.9. The Morgan fingerprint density at radius 2 is 2.17 bits per heavy atom. The van der Waals surface area contributed by atoms with E-state index in [1.54, 1.807) is 19.2 Å². The predicted octanol–water partition coefficient (Wildman–Crippen LogP) is 1.97. The number of rotatable bonds is 5. The number of hydrogen-bond donors (Lipinski definition) is 3. The Hall–Kier alpha value is -1.26. The zero-order chi connectivity index (χ0) is 13.2. The fourth-order valence-corrected chi connectivity index (χ4v) is 2.22. The van der Waals surface area contributed by atoms with Crippen LogP contribution in [0.4, 0.5) is 0 Å². The van der Waals surface area contributed by atoms with E-state index in [9.17, 15) is 10.2 Å². The van der Waals surface area contributed by atoms with E-state index in [2.05, 4.69) is 5.32 Å². The molecule has 18 heavy (non-hydrogen) atoms. The van der Waals surface area contributed by atoms with Crippen molar-refractivity contribution in [2.45, 2.75) is 37.8 Å². The summed E-state index contributed by atoms with van der Waals surface area (Å²) in [5.41, 5.74) is 0.236. The number of phenols is 1. The van der Waals surface area contributed by atoms with Crippen molar-refractivity contribution in [3.8, 4) is 11.5 Å². The molecule has 1 aromatic carbocycles. The Kier molecular flexibility index (Phi) is 3.78. The molecule has 1 atom stereocenters. The highest BCUT2D eigenvalue weighted by atomic mass is 16.5. The number of phenolic OH excluding ortho intramolecular Hbond substituents is 1. The molecular formula is C14H21NO3. The van der Waals surface area contributed by atoms with Crippen molar-refractivity contribution in [2.24, 2.45) is 0 Å². The minimum absolute atomic E-state index is 0.0234. The largest absolute Gasteiger partial charge is 0.508 e. The van der Waals surface area contributed by atoms with E-state index in [-0.39, 0.29) is 11.8 Å². The van der Waals surface area contributed by atoms with E-state index < -0.39 is 5.60 Å². The van der Waals surface area contributed by atoms with Gasteiger partial charge in [0.05, 0.1) is 12.7 Å². The summed E-state index contributed by atoms with van der Waals surface area (Å²) in [6.07, 6.45) is 2.81. The number of hydrogen-bond acceptors (Lipinski definition) is 4. The Labute approximate surface area is 108 Å². The smallest absolute Gasteiger partial charge is 0.120 e. The molecule has 0 amide bonds. The number of ether oxygens (including phenoxy) is 1. The minimum atomic E-state index is -0.553. The van der Waals surface area contributed by atoms with E-state index in [4.69, 9.17) is 4.74 Å². The highest BCUT2D eigenvalue weighted by Gasteiger charge is 2.34. The first-order chi connectivity index (χ1) is 8.54. The van der Waals surface area contributed by atoms with Crippen LogP contribution >= 0.6 is 0 Å². The Morgan fingerprint density at radius 1 is 1.44 bits per heavy atom. The standard InChI is InChI=1S/C14H21NO3/c1-10(15-9-14(17)6-3-7-14)12-8-11(18-2)4-5-13(12)16/h4-5,8,10,15-17H,3,6-7,9H2,1-2H3. The highest BCUT2D eigenvalue weighted by Crippen LogP contribution is 2.32. The van der Waals surface area contributed by atoms with Crippen LogP contribution in [0.5, 0.6) is 11.5 Å². The second-order valence-corrected chi connectivity index (χ2v) is 5.11. The van der Waals surface area contributed by atoms with Crippen LogP contribution in [0, 0.1) is 0 Å². The molecule has 100 valence electrons. The van der Waals surface area contributed by atoms with E-state index in [1.807, 2.05) is 13.0 Å². The van der Waals surface area contributed by atoms with Crippen LogP contribution in [-0.4, -0.2) is 29.5 Å². The second-order valence-electron chi connectivity index (χ2n) is 5.11. The van der Waals surface area contributed by atoms with E-state index in [0.29, 0.717) is 6.54 Å². The van der Waals surface area contributed by atoms with Gasteiger partial charge in [0.15, 0.2) is 0 Å². The molecule has 0 radical (unpaired) electrons. The van der Waals surface area contributed by atoms with Gasteiger partial charge >= 0.3 is 0 Å². The number of benzene rings is 1. The summed E-state index contributed by atoms with van der Waals surface area (Å²) in [6.45, 7) is 2.53. The van der Waals surface area contributed by atoms with Crippen LogP contribution in [0.1, 0.15) is 37.8 Å².